The van der Waals surface area contributed by atoms with Gasteiger partial charge in [-0.15, -0.1) is 0 Å². The van der Waals surface area contributed by atoms with E-state index < -0.39 is 0 Å². The van der Waals surface area contributed by atoms with E-state index in [2.05, 4.69) is 20.8 Å². The van der Waals surface area contributed by atoms with E-state index in [-0.39, 0.29) is 5.97 Å². The second kappa shape index (κ2) is 7.62. The number of esters is 1. The normalized spacial score (nSPS) is 12.8. The first-order valence-electron chi connectivity index (χ1n) is 7.94. The molecule has 0 amide bonds. The van der Waals surface area contributed by atoms with Crippen molar-refractivity contribution in [2.75, 3.05) is 24.6 Å². The molecule has 2 aromatic rings. The molecule has 0 atom stereocenters. The molecule has 24 heavy (non-hydrogen) atoms. The van der Waals surface area contributed by atoms with E-state index in [0.717, 1.165) is 42.4 Å². The molecule has 0 fully saturated rings. The molecule has 5 heteroatoms. The molecule has 2 aromatic carbocycles. The van der Waals surface area contributed by atoms with Gasteiger partial charge in [-0.3, -0.25) is 4.79 Å². The molecular formula is C19H18BrNO3. The monoisotopic (exact) mass is 387 g/mol. The van der Waals surface area contributed by atoms with Crippen LogP contribution in [0.25, 0.3) is 0 Å². The molecule has 0 saturated carbocycles. The van der Waals surface area contributed by atoms with Crippen LogP contribution in [0.4, 0.5) is 5.69 Å². The predicted octanol–water partition coefficient (Wildman–Crippen LogP) is 3.87. The summed E-state index contributed by atoms with van der Waals surface area (Å²) in [6, 6.07) is 12.8. The third-order valence-electron chi connectivity index (χ3n) is 4.08. The zero-order valence-corrected chi connectivity index (χ0v) is 14.8. The number of carbonyl (C=O) groups excluding carboxylic acids is 2. The van der Waals surface area contributed by atoms with E-state index in [0.29, 0.717) is 17.7 Å². The van der Waals surface area contributed by atoms with Crippen LogP contribution in [-0.2, 0) is 11.2 Å². The van der Waals surface area contributed by atoms with Crippen LogP contribution in [0.2, 0.25) is 0 Å². The number of benzene rings is 2. The van der Waals surface area contributed by atoms with Crippen molar-refractivity contribution in [3.8, 4) is 0 Å². The highest BCUT2D eigenvalue weighted by atomic mass is 79.9. The lowest BCUT2D eigenvalue weighted by molar-refractivity contribution is 0.0502. The fourth-order valence-electron chi connectivity index (χ4n) is 2.96. The van der Waals surface area contributed by atoms with Crippen molar-refractivity contribution in [2.24, 2.45) is 0 Å². The number of nitrogens with zero attached hydrogens (tertiary/aromatic N) is 1. The fourth-order valence-corrected chi connectivity index (χ4v) is 3.73. The van der Waals surface area contributed by atoms with Gasteiger partial charge in [-0.25, -0.2) is 4.79 Å². The van der Waals surface area contributed by atoms with E-state index >= 15 is 0 Å². The van der Waals surface area contributed by atoms with Gasteiger partial charge in [0, 0.05) is 23.1 Å². The van der Waals surface area contributed by atoms with E-state index in [9.17, 15) is 9.59 Å². The van der Waals surface area contributed by atoms with Crippen molar-refractivity contribution in [2.45, 2.75) is 12.8 Å². The van der Waals surface area contributed by atoms with Crippen LogP contribution in [0.5, 0.6) is 0 Å². The van der Waals surface area contributed by atoms with Crippen LogP contribution in [-0.4, -0.2) is 32.0 Å². The number of fused-ring (bicyclic) bond motifs is 1. The molecule has 3 rings (SSSR count). The molecule has 0 spiro atoms. The lowest BCUT2D eigenvalue weighted by Gasteiger charge is -2.20. The Kier molecular flexibility index (Phi) is 5.30. The molecule has 4 nitrogen and oxygen atoms in total. The van der Waals surface area contributed by atoms with Crippen molar-refractivity contribution in [1.82, 2.24) is 0 Å². The van der Waals surface area contributed by atoms with Crippen LogP contribution in [0.1, 0.15) is 32.7 Å². The number of carbonyl (C=O) groups is 2. The Bertz CT molecular complexity index is 746. The maximum Gasteiger partial charge on any atom is 0.338 e. The van der Waals surface area contributed by atoms with Gasteiger partial charge in [-0.1, -0.05) is 18.2 Å². The maximum absolute atomic E-state index is 11.9. The average Bonchev–Trinajstić information content (AvgIpc) is 3.02. The first kappa shape index (κ1) is 16.7. The summed E-state index contributed by atoms with van der Waals surface area (Å²) in [6.45, 7) is 2.13. The smallest absolute Gasteiger partial charge is 0.338 e. The van der Waals surface area contributed by atoms with Gasteiger partial charge < -0.3 is 9.64 Å². The van der Waals surface area contributed by atoms with Crippen LogP contribution < -0.4 is 4.90 Å². The molecule has 0 bridgehead atoms. The highest BCUT2D eigenvalue weighted by Gasteiger charge is 2.22. The Morgan fingerprint density at radius 2 is 2.04 bits per heavy atom. The molecule has 0 aliphatic carbocycles. The summed E-state index contributed by atoms with van der Waals surface area (Å²) < 4.78 is 6.26. The molecule has 1 heterocycles. The maximum atomic E-state index is 11.9. The van der Waals surface area contributed by atoms with E-state index in [1.54, 1.807) is 12.1 Å². The van der Waals surface area contributed by atoms with Gasteiger partial charge in [-0.2, -0.15) is 0 Å². The Labute approximate surface area is 149 Å². The van der Waals surface area contributed by atoms with Crippen molar-refractivity contribution in [3.05, 3.63) is 63.6 Å². The van der Waals surface area contributed by atoms with Crippen molar-refractivity contribution >= 4 is 33.9 Å². The van der Waals surface area contributed by atoms with Crippen LogP contribution in [0.15, 0.2) is 46.9 Å². The van der Waals surface area contributed by atoms with Gasteiger partial charge in [-0.05, 0) is 58.6 Å². The third kappa shape index (κ3) is 3.67. The second-order valence-electron chi connectivity index (χ2n) is 5.72. The number of ether oxygens (including phenoxy) is 1. The summed E-state index contributed by atoms with van der Waals surface area (Å²) in [4.78, 5) is 25.1. The van der Waals surface area contributed by atoms with Crippen LogP contribution >= 0.6 is 15.9 Å². The first-order valence-corrected chi connectivity index (χ1v) is 8.73. The summed E-state index contributed by atoms with van der Waals surface area (Å²) in [7, 11) is 0. The molecule has 0 unspecified atom stereocenters. The zero-order chi connectivity index (χ0) is 16.9. The zero-order valence-electron chi connectivity index (χ0n) is 13.2. The SMILES string of the molecule is O=Cc1cc(Br)c2c(c1)CCN2CCCOC(=O)c1ccccc1. The van der Waals surface area contributed by atoms with E-state index in [1.165, 1.54) is 5.56 Å². The third-order valence-corrected chi connectivity index (χ3v) is 4.69. The molecule has 0 aromatic heterocycles. The van der Waals surface area contributed by atoms with Gasteiger partial charge in [0.15, 0.2) is 0 Å². The Balaban J connectivity index is 1.53. The fraction of sp³-hybridized carbons (Fsp3) is 0.263. The van der Waals surface area contributed by atoms with Crippen molar-refractivity contribution in [1.29, 1.82) is 0 Å². The summed E-state index contributed by atoms with van der Waals surface area (Å²) in [5.74, 6) is -0.283. The molecule has 0 N–H and O–H groups in total. The molecule has 0 saturated heterocycles. The number of anilines is 1. The molecule has 1 aliphatic heterocycles. The number of aldehydes is 1. The Hall–Kier alpha value is -2.14. The average molecular weight is 388 g/mol. The quantitative estimate of drug-likeness (QED) is 0.428. The first-order chi connectivity index (χ1) is 11.7. The summed E-state index contributed by atoms with van der Waals surface area (Å²) in [5, 5.41) is 0. The number of hydrogen-bond acceptors (Lipinski definition) is 4. The number of halogens is 1. The molecule has 1 aliphatic rings. The minimum absolute atomic E-state index is 0.283. The standard InChI is InChI=1S/C19H18BrNO3/c20-17-12-14(13-22)11-16-7-9-21(18(16)17)8-4-10-24-19(23)15-5-2-1-3-6-15/h1-3,5-6,11-13H,4,7-10H2. The lowest BCUT2D eigenvalue weighted by Crippen LogP contribution is -2.23. The summed E-state index contributed by atoms with van der Waals surface area (Å²) in [5.41, 5.74) is 3.61. The second-order valence-corrected chi connectivity index (χ2v) is 6.58. The highest BCUT2D eigenvalue weighted by Crippen LogP contribution is 2.36. The Morgan fingerprint density at radius 1 is 1.25 bits per heavy atom. The van der Waals surface area contributed by atoms with E-state index in [1.807, 2.05) is 30.3 Å². The highest BCUT2D eigenvalue weighted by molar-refractivity contribution is 9.10. The van der Waals surface area contributed by atoms with Gasteiger partial charge >= 0.3 is 5.97 Å². The van der Waals surface area contributed by atoms with Gasteiger partial charge in [0.05, 0.1) is 17.9 Å². The lowest BCUT2D eigenvalue weighted by atomic mass is 10.1. The van der Waals surface area contributed by atoms with Crippen molar-refractivity contribution in [3.63, 3.8) is 0 Å². The topological polar surface area (TPSA) is 46.6 Å². The van der Waals surface area contributed by atoms with Gasteiger partial charge in [0.25, 0.3) is 0 Å². The number of rotatable bonds is 6. The predicted molar refractivity (Wildman–Crippen MR) is 96.8 cm³/mol. The minimum Gasteiger partial charge on any atom is -0.462 e. The van der Waals surface area contributed by atoms with E-state index in [4.69, 9.17) is 4.74 Å². The molecular weight excluding hydrogens is 370 g/mol. The Morgan fingerprint density at radius 3 is 2.79 bits per heavy atom. The van der Waals surface area contributed by atoms with Gasteiger partial charge in [0.1, 0.15) is 6.29 Å². The van der Waals surface area contributed by atoms with Gasteiger partial charge in [0.2, 0.25) is 0 Å². The minimum atomic E-state index is -0.283. The van der Waals surface area contributed by atoms with Crippen LogP contribution in [0.3, 0.4) is 0 Å². The van der Waals surface area contributed by atoms with Crippen LogP contribution in [0, 0.1) is 0 Å². The summed E-state index contributed by atoms with van der Waals surface area (Å²) >= 11 is 3.56. The number of hydrogen-bond donors (Lipinski definition) is 0. The largest absolute Gasteiger partial charge is 0.462 e. The summed E-state index contributed by atoms with van der Waals surface area (Å²) in [6.07, 6.45) is 2.57. The van der Waals surface area contributed by atoms with Crippen molar-refractivity contribution < 1.29 is 14.3 Å². The molecule has 0 radical (unpaired) electrons. The molecule has 124 valence electrons.